The number of carbonyl (C=O) groups is 1. The maximum Gasteiger partial charge on any atom is 0.227 e. The first-order chi connectivity index (χ1) is 14.5. The molecule has 0 spiro atoms. The second kappa shape index (κ2) is 8.19. The zero-order valence-electron chi connectivity index (χ0n) is 18.0. The molecule has 0 fully saturated rings. The molecule has 5 nitrogen and oxygen atoms in total. The summed E-state index contributed by atoms with van der Waals surface area (Å²) in [6.45, 7) is 6.69. The van der Waals surface area contributed by atoms with Crippen LogP contribution in [-0.2, 0) is 24.2 Å². The van der Waals surface area contributed by atoms with Gasteiger partial charge in [-0.25, -0.2) is 4.68 Å². The largest absolute Gasteiger partial charge is 0.464 e. The van der Waals surface area contributed by atoms with Gasteiger partial charge in [0.2, 0.25) is 5.91 Å². The van der Waals surface area contributed by atoms with E-state index in [0.29, 0.717) is 13.0 Å². The highest BCUT2D eigenvalue weighted by Crippen LogP contribution is 2.24. The van der Waals surface area contributed by atoms with Crippen molar-refractivity contribution in [1.29, 1.82) is 0 Å². The minimum atomic E-state index is 0.0588. The fourth-order valence-electron chi connectivity index (χ4n) is 3.83. The van der Waals surface area contributed by atoms with Gasteiger partial charge in [0, 0.05) is 35.8 Å². The fraction of sp³-hybridized carbons (Fsp3) is 0.280. The molecule has 0 aliphatic heterocycles. The molecule has 1 amide bonds. The molecule has 2 aromatic carbocycles. The number of aryl methyl sites for hydroxylation is 2. The van der Waals surface area contributed by atoms with E-state index in [0.717, 1.165) is 45.6 Å². The third-order valence-corrected chi connectivity index (χ3v) is 5.73. The van der Waals surface area contributed by atoms with Crippen LogP contribution in [-0.4, -0.2) is 27.6 Å². The van der Waals surface area contributed by atoms with Gasteiger partial charge in [-0.15, -0.1) is 0 Å². The molecule has 0 bridgehead atoms. The molecule has 0 N–H and O–H groups in total. The van der Waals surface area contributed by atoms with Gasteiger partial charge in [-0.05, 0) is 44.0 Å². The summed E-state index contributed by atoms with van der Waals surface area (Å²) in [6.07, 6.45) is 2.99. The molecule has 5 heteroatoms. The number of aromatic nitrogens is 2. The molecule has 0 radical (unpaired) electrons. The lowest BCUT2D eigenvalue weighted by molar-refractivity contribution is -0.129. The van der Waals surface area contributed by atoms with E-state index in [9.17, 15) is 4.79 Å². The molecule has 0 aliphatic carbocycles. The Morgan fingerprint density at radius 2 is 1.90 bits per heavy atom. The van der Waals surface area contributed by atoms with Gasteiger partial charge >= 0.3 is 0 Å². The van der Waals surface area contributed by atoms with Crippen LogP contribution in [0.4, 0.5) is 0 Å². The van der Waals surface area contributed by atoms with Crippen molar-refractivity contribution in [3.05, 3.63) is 82.9 Å². The number of hydrogen-bond acceptors (Lipinski definition) is 3. The van der Waals surface area contributed by atoms with Crippen LogP contribution in [0.1, 0.15) is 35.0 Å². The topological polar surface area (TPSA) is 51.3 Å². The average Bonchev–Trinajstić information content (AvgIpc) is 3.29. The first-order valence-electron chi connectivity index (χ1n) is 10.3. The SMILES string of the molecule is CCc1ccc2c(CC(=O)N(C)Cc3c(C)nn(-c4ccccc4)c3C)coc2c1. The van der Waals surface area contributed by atoms with Crippen molar-refractivity contribution in [3.8, 4) is 5.69 Å². The number of nitrogens with zero attached hydrogens (tertiary/aromatic N) is 3. The summed E-state index contributed by atoms with van der Waals surface area (Å²) >= 11 is 0. The Morgan fingerprint density at radius 3 is 2.63 bits per heavy atom. The highest BCUT2D eigenvalue weighted by atomic mass is 16.3. The third-order valence-electron chi connectivity index (χ3n) is 5.73. The Balaban J connectivity index is 1.51. The molecule has 0 saturated carbocycles. The minimum absolute atomic E-state index is 0.0588. The third kappa shape index (κ3) is 3.75. The molecule has 4 rings (SSSR count). The normalized spacial score (nSPS) is 11.2. The van der Waals surface area contributed by atoms with Gasteiger partial charge in [0.1, 0.15) is 5.58 Å². The maximum absolute atomic E-state index is 12.9. The van der Waals surface area contributed by atoms with Crippen LogP contribution in [0.5, 0.6) is 0 Å². The number of para-hydroxylation sites is 1. The second-order valence-electron chi connectivity index (χ2n) is 7.77. The number of benzene rings is 2. The van der Waals surface area contributed by atoms with Crippen LogP contribution in [0, 0.1) is 13.8 Å². The number of amides is 1. The highest BCUT2D eigenvalue weighted by molar-refractivity contribution is 5.88. The zero-order chi connectivity index (χ0) is 21.3. The van der Waals surface area contributed by atoms with Crippen molar-refractivity contribution in [2.24, 2.45) is 0 Å². The van der Waals surface area contributed by atoms with Crippen LogP contribution in [0.2, 0.25) is 0 Å². The summed E-state index contributed by atoms with van der Waals surface area (Å²) in [5.41, 5.74) is 7.10. The van der Waals surface area contributed by atoms with E-state index in [-0.39, 0.29) is 5.91 Å². The summed E-state index contributed by atoms with van der Waals surface area (Å²) in [5, 5.41) is 5.70. The van der Waals surface area contributed by atoms with Crippen LogP contribution in [0.3, 0.4) is 0 Å². The van der Waals surface area contributed by atoms with Crippen molar-refractivity contribution in [2.75, 3.05) is 7.05 Å². The van der Waals surface area contributed by atoms with Gasteiger partial charge in [0.15, 0.2) is 0 Å². The maximum atomic E-state index is 12.9. The minimum Gasteiger partial charge on any atom is -0.464 e. The first kappa shape index (κ1) is 20.0. The number of furan rings is 1. The number of fused-ring (bicyclic) bond motifs is 1. The Hall–Kier alpha value is -3.34. The van der Waals surface area contributed by atoms with Crippen LogP contribution in [0.25, 0.3) is 16.7 Å². The van der Waals surface area contributed by atoms with Crippen molar-refractivity contribution < 1.29 is 9.21 Å². The predicted octanol–water partition coefficient (Wildman–Crippen LogP) is 5.00. The van der Waals surface area contributed by atoms with E-state index >= 15 is 0 Å². The smallest absolute Gasteiger partial charge is 0.227 e. The molecule has 2 aromatic heterocycles. The lowest BCUT2D eigenvalue weighted by atomic mass is 10.1. The molecular weight excluding hydrogens is 374 g/mol. The van der Waals surface area contributed by atoms with Gasteiger partial charge < -0.3 is 9.32 Å². The van der Waals surface area contributed by atoms with Crippen LogP contribution >= 0.6 is 0 Å². The average molecular weight is 402 g/mol. The predicted molar refractivity (Wildman–Crippen MR) is 119 cm³/mol. The summed E-state index contributed by atoms with van der Waals surface area (Å²) in [4.78, 5) is 14.7. The molecule has 2 heterocycles. The van der Waals surface area contributed by atoms with Gasteiger partial charge in [-0.3, -0.25) is 4.79 Å². The van der Waals surface area contributed by atoms with Gasteiger partial charge in [0.05, 0.1) is 24.1 Å². The summed E-state index contributed by atoms with van der Waals surface area (Å²) in [6, 6.07) is 16.3. The molecule has 30 heavy (non-hydrogen) atoms. The van der Waals surface area contributed by atoms with Crippen molar-refractivity contribution in [3.63, 3.8) is 0 Å². The first-order valence-corrected chi connectivity index (χ1v) is 10.3. The Kier molecular flexibility index (Phi) is 5.44. The Bertz CT molecular complexity index is 1190. The van der Waals surface area contributed by atoms with Crippen LogP contribution < -0.4 is 0 Å². The molecule has 154 valence electrons. The van der Waals surface area contributed by atoms with Gasteiger partial charge in [-0.2, -0.15) is 5.10 Å². The second-order valence-corrected chi connectivity index (χ2v) is 7.77. The van der Waals surface area contributed by atoms with Crippen molar-refractivity contribution >= 4 is 16.9 Å². The lowest BCUT2D eigenvalue weighted by Gasteiger charge is -2.17. The van der Waals surface area contributed by atoms with E-state index < -0.39 is 0 Å². The number of hydrogen-bond donors (Lipinski definition) is 0. The van der Waals surface area contributed by atoms with Crippen molar-refractivity contribution in [1.82, 2.24) is 14.7 Å². The lowest BCUT2D eigenvalue weighted by Crippen LogP contribution is -2.28. The monoisotopic (exact) mass is 401 g/mol. The van der Waals surface area contributed by atoms with Gasteiger partial charge in [0.25, 0.3) is 0 Å². The van der Waals surface area contributed by atoms with E-state index in [1.165, 1.54) is 5.56 Å². The molecule has 0 aliphatic rings. The number of likely N-dealkylation sites (N-methyl/N-ethyl adjacent to an activating group) is 1. The number of carbonyl (C=O) groups excluding carboxylic acids is 1. The van der Waals surface area contributed by atoms with Crippen molar-refractivity contribution in [2.45, 2.75) is 40.2 Å². The Morgan fingerprint density at radius 1 is 1.13 bits per heavy atom. The van der Waals surface area contributed by atoms with Crippen LogP contribution in [0.15, 0.2) is 59.2 Å². The number of rotatable bonds is 6. The standard InChI is InChI=1S/C25H27N3O2/c1-5-19-11-12-22-20(16-30-24(22)13-19)14-25(29)27(4)15-23-17(2)26-28(18(23)3)21-9-7-6-8-10-21/h6-13,16H,5,14-15H2,1-4H3. The van der Waals surface area contributed by atoms with E-state index in [2.05, 4.69) is 37.1 Å². The Labute approximate surface area is 176 Å². The zero-order valence-corrected chi connectivity index (χ0v) is 18.0. The molecule has 0 atom stereocenters. The summed E-state index contributed by atoms with van der Waals surface area (Å²) in [7, 11) is 1.85. The molecule has 0 unspecified atom stereocenters. The highest BCUT2D eigenvalue weighted by Gasteiger charge is 2.19. The summed E-state index contributed by atoms with van der Waals surface area (Å²) in [5.74, 6) is 0.0588. The molecule has 4 aromatic rings. The molecular formula is C25H27N3O2. The molecule has 0 saturated heterocycles. The fourth-order valence-corrected chi connectivity index (χ4v) is 3.83. The van der Waals surface area contributed by atoms with Gasteiger partial charge in [-0.1, -0.05) is 37.3 Å². The van der Waals surface area contributed by atoms with E-state index in [1.807, 2.05) is 49.0 Å². The summed E-state index contributed by atoms with van der Waals surface area (Å²) < 4.78 is 7.64. The quantitative estimate of drug-likeness (QED) is 0.457. The van der Waals surface area contributed by atoms with E-state index in [4.69, 9.17) is 4.42 Å². The van der Waals surface area contributed by atoms with E-state index in [1.54, 1.807) is 11.2 Å².